The van der Waals surface area contributed by atoms with Gasteiger partial charge in [-0.25, -0.2) is 4.98 Å². The molecule has 0 spiro atoms. The third-order valence-electron chi connectivity index (χ3n) is 2.59. The number of allylic oxidation sites excluding steroid dienone is 4. The molecule has 0 N–H and O–H groups in total. The molecule has 1 atom stereocenters. The van der Waals surface area contributed by atoms with Gasteiger partial charge in [-0.15, -0.1) is 0 Å². The van der Waals surface area contributed by atoms with Gasteiger partial charge in [0.1, 0.15) is 11.5 Å². The molecule has 2 aromatic heterocycles. The van der Waals surface area contributed by atoms with Crippen LogP contribution in [0.5, 0.6) is 0 Å². The molecule has 0 fully saturated rings. The molecule has 5 heteroatoms. The largest absolute Gasteiger partial charge is 0.253 e. The van der Waals surface area contributed by atoms with Crippen LogP contribution in [0.1, 0.15) is 18.0 Å². The summed E-state index contributed by atoms with van der Waals surface area (Å²) in [4.78, 5) is 8.49. The zero-order valence-corrected chi connectivity index (χ0v) is 9.17. The lowest BCUT2D eigenvalue weighted by atomic mass is 9.97. The van der Waals surface area contributed by atoms with E-state index >= 15 is 0 Å². The van der Waals surface area contributed by atoms with E-state index in [4.69, 9.17) is 11.6 Å². The van der Waals surface area contributed by atoms with Crippen LogP contribution in [0.3, 0.4) is 0 Å². The van der Waals surface area contributed by atoms with E-state index in [0.717, 1.165) is 12.1 Å². The standard InChI is InChI=1S/C11H9ClN4/c12-10-6-9(8-4-2-1-3-5-8)15-11-13-7-14-16(10)11/h1-4,6-8H,5H2. The van der Waals surface area contributed by atoms with Crippen molar-refractivity contribution in [3.05, 3.63) is 47.5 Å². The number of nitrogens with zero attached hydrogens (tertiary/aromatic N) is 4. The van der Waals surface area contributed by atoms with Gasteiger partial charge < -0.3 is 0 Å². The lowest BCUT2D eigenvalue weighted by Gasteiger charge is -2.12. The first-order chi connectivity index (χ1) is 7.84. The third kappa shape index (κ3) is 1.51. The predicted octanol–water partition coefficient (Wildman–Crippen LogP) is 2.38. The van der Waals surface area contributed by atoms with Gasteiger partial charge >= 0.3 is 0 Å². The first-order valence-electron chi connectivity index (χ1n) is 5.04. The highest BCUT2D eigenvalue weighted by molar-refractivity contribution is 6.29. The highest BCUT2D eigenvalue weighted by Gasteiger charge is 2.13. The Bertz CT molecular complexity index is 585. The Labute approximate surface area is 97.3 Å². The van der Waals surface area contributed by atoms with Crippen molar-refractivity contribution < 1.29 is 0 Å². The number of rotatable bonds is 1. The molecule has 1 aliphatic rings. The van der Waals surface area contributed by atoms with Gasteiger partial charge in [-0.1, -0.05) is 35.9 Å². The molecule has 0 radical (unpaired) electrons. The fraction of sp³-hybridized carbons (Fsp3) is 0.182. The molecule has 0 saturated carbocycles. The van der Waals surface area contributed by atoms with Crippen molar-refractivity contribution >= 4 is 17.4 Å². The second-order valence-corrected chi connectivity index (χ2v) is 4.02. The van der Waals surface area contributed by atoms with Gasteiger partial charge in [0.05, 0.1) is 5.69 Å². The molecule has 3 rings (SSSR count). The SMILES string of the molecule is Clc1cc(C2C=CC=CC2)nc2ncnn12. The van der Waals surface area contributed by atoms with Crippen LogP contribution < -0.4 is 0 Å². The zero-order chi connectivity index (χ0) is 11.0. The molecule has 16 heavy (non-hydrogen) atoms. The Kier molecular flexibility index (Phi) is 2.22. The Morgan fingerprint density at radius 2 is 2.31 bits per heavy atom. The lowest BCUT2D eigenvalue weighted by Crippen LogP contribution is -2.03. The van der Waals surface area contributed by atoms with Crippen molar-refractivity contribution in [3.63, 3.8) is 0 Å². The number of hydrogen-bond acceptors (Lipinski definition) is 3. The number of halogens is 1. The topological polar surface area (TPSA) is 43.1 Å². The first-order valence-corrected chi connectivity index (χ1v) is 5.42. The van der Waals surface area contributed by atoms with Crippen molar-refractivity contribution in [1.82, 2.24) is 19.6 Å². The predicted molar refractivity (Wildman–Crippen MR) is 61.4 cm³/mol. The van der Waals surface area contributed by atoms with Gasteiger partial charge in [0.25, 0.3) is 5.78 Å². The van der Waals surface area contributed by atoms with Gasteiger partial charge in [-0.05, 0) is 12.5 Å². The lowest BCUT2D eigenvalue weighted by molar-refractivity contribution is 0.802. The smallest absolute Gasteiger partial charge is 0.215 e. The highest BCUT2D eigenvalue weighted by atomic mass is 35.5. The number of fused-ring (bicyclic) bond motifs is 1. The monoisotopic (exact) mass is 232 g/mol. The number of hydrogen-bond donors (Lipinski definition) is 0. The van der Waals surface area contributed by atoms with E-state index in [1.807, 2.05) is 18.2 Å². The molecule has 0 aliphatic heterocycles. The normalized spacial score (nSPS) is 19.4. The molecule has 0 bridgehead atoms. The first kappa shape index (κ1) is 9.54. The van der Waals surface area contributed by atoms with Crippen LogP contribution in [0.25, 0.3) is 5.78 Å². The van der Waals surface area contributed by atoms with E-state index in [-0.39, 0.29) is 5.92 Å². The van der Waals surface area contributed by atoms with E-state index in [2.05, 4.69) is 27.2 Å². The summed E-state index contributed by atoms with van der Waals surface area (Å²) in [6, 6.07) is 1.84. The minimum Gasteiger partial charge on any atom is -0.215 e. The second-order valence-electron chi connectivity index (χ2n) is 3.63. The Morgan fingerprint density at radius 1 is 1.38 bits per heavy atom. The molecule has 80 valence electrons. The summed E-state index contributed by atoms with van der Waals surface area (Å²) in [6.45, 7) is 0. The van der Waals surface area contributed by atoms with Gasteiger partial charge in [-0.3, -0.25) is 0 Å². The minimum absolute atomic E-state index is 0.282. The highest BCUT2D eigenvalue weighted by Crippen LogP contribution is 2.25. The van der Waals surface area contributed by atoms with Gasteiger partial charge in [0.15, 0.2) is 0 Å². The molecule has 0 amide bonds. The second kappa shape index (κ2) is 3.72. The van der Waals surface area contributed by atoms with Crippen molar-refractivity contribution in [2.24, 2.45) is 0 Å². The Hall–Kier alpha value is -1.68. The average molecular weight is 233 g/mol. The Morgan fingerprint density at radius 3 is 3.12 bits per heavy atom. The van der Waals surface area contributed by atoms with E-state index < -0.39 is 0 Å². The van der Waals surface area contributed by atoms with Gasteiger partial charge in [0, 0.05) is 5.92 Å². The van der Waals surface area contributed by atoms with E-state index in [1.54, 1.807) is 0 Å². The van der Waals surface area contributed by atoms with E-state index in [9.17, 15) is 0 Å². The van der Waals surface area contributed by atoms with Crippen LogP contribution in [0, 0.1) is 0 Å². The van der Waals surface area contributed by atoms with Crippen molar-refractivity contribution in [2.75, 3.05) is 0 Å². The third-order valence-corrected chi connectivity index (χ3v) is 2.86. The number of aromatic nitrogens is 4. The summed E-state index contributed by atoms with van der Waals surface area (Å²) >= 11 is 6.10. The average Bonchev–Trinajstić information content (AvgIpc) is 2.79. The fourth-order valence-electron chi connectivity index (χ4n) is 1.78. The summed E-state index contributed by atoms with van der Waals surface area (Å²) in [6.07, 6.45) is 10.7. The van der Waals surface area contributed by atoms with Crippen LogP contribution >= 0.6 is 11.6 Å². The van der Waals surface area contributed by atoms with Crippen LogP contribution in [-0.2, 0) is 0 Å². The maximum Gasteiger partial charge on any atom is 0.253 e. The van der Waals surface area contributed by atoms with Crippen molar-refractivity contribution in [2.45, 2.75) is 12.3 Å². The molecule has 2 heterocycles. The summed E-state index contributed by atoms with van der Waals surface area (Å²) in [5.74, 6) is 0.828. The van der Waals surface area contributed by atoms with Gasteiger partial charge in [0.2, 0.25) is 0 Å². The summed E-state index contributed by atoms with van der Waals surface area (Å²) in [5.41, 5.74) is 0.936. The van der Waals surface area contributed by atoms with Gasteiger partial charge in [-0.2, -0.15) is 14.6 Å². The maximum absolute atomic E-state index is 6.10. The fourth-order valence-corrected chi connectivity index (χ4v) is 2.01. The van der Waals surface area contributed by atoms with Crippen molar-refractivity contribution in [1.29, 1.82) is 0 Å². The van der Waals surface area contributed by atoms with E-state index in [1.165, 1.54) is 10.8 Å². The van der Waals surface area contributed by atoms with E-state index in [0.29, 0.717) is 10.9 Å². The summed E-state index contributed by atoms with van der Waals surface area (Å²) in [7, 11) is 0. The summed E-state index contributed by atoms with van der Waals surface area (Å²) in [5, 5.41) is 4.53. The van der Waals surface area contributed by atoms with Crippen molar-refractivity contribution in [3.8, 4) is 0 Å². The van der Waals surface area contributed by atoms with Crippen LogP contribution in [0.15, 0.2) is 36.7 Å². The zero-order valence-electron chi connectivity index (χ0n) is 8.42. The maximum atomic E-state index is 6.10. The molecule has 1 aliphatic carbocycles. The molecule has 0 saturated heterocycles. The molecule has 0 aromatic carbocycles. The molecule has 2 aromatic rings. The minimum atomic E-state index is 0.282. The molecule has 4 nitrogen and oxygen atoms in total. The Balaban J connectivity index is 2.10. The van der Waals surface area contributed by atoms with Crippen LogP contribution in [0.4, 0.5) is 0 Å². The quantitative estimate of drug-likeness (QED) is 0.709. The molecule has 1 unspecified atom stereocenters. The van der Waals surface area contributed by atoms with Crippen LogP contribution in [-0.4, -0.2) is 19.6 Å². The molecular formula is C11H9ClN4. The molecular weight excluding hydrogens is 224 g/mol. The van der Waals surface area contributed by atoms with Crippen LogP contribution in [0.2, 0.25) is 5.15 Å². The summed E-state index contributed by atoms with van der Waals surface area (Å²) < 4.78 is 1.52.